The molecule has 4 aromatic rings. The number of carbonyl (C=O) groups is 3. The van der Waals surface area contributed by atoms with Gasteiger partial charge in [0.25, 0.3) is 0 Å². The molecule has 2 aliphatic carbocycles. The number of Topliss-reactive ketones (excluding diaryl/α,β-unsaturated/α-hetero) is 1. The maximum atomic E-state index is 15.0. The lowest BCUT2D eigenvalue weighted by molar-refractivity contribution is -0.161. The lowest BCUT2D eigenvalue weighted by atomic mass is 9.52. The molecule has 0 N–H and O–H groups in total. The van der Waals surface area contributed by atoms with Gasteiger partial charge in [0.2, 0.25) is 11.8 Å². The number of piperidine rings is 1. The Balaban J connectivity index is 1.32. The van der Waals surface area contributed by atoms with Crippen LogP contribution in [0.4, 0.5) is 5.69 Å². The molecule has 4 aliphatic rings. The highest BCUT2D eigenvalue weighted by atomic mass is 16.5. The van der Waals surface area contributed by atoms with Crippen molar-refractivity contribution in [2.24, 2.45) is 23.2 Å². The lowest BCUT2D eigenvalue weighted by Gasteiger charge is -2.48. The zero-order chi connectivity index (χ0) is 34.7. The fraction of sp³-hybridized carbons (Fsp3) is 0.357. The summed E-state index contributed by atoms with van der Waals surface area (Å²) in [6, 6.07) is 37.3. The van der Waals surface area contributed by atoms with Crippen molar-refractivity contribution in [1.82, 2.24) is 4.90 Å². The minimum absolute atomic E-state index is 0.00517. The molecule has 3 fully saturated rings. The average Bonchev–Trinajstić information content (AvgIpc) is 3.61. The summed E-state index contributed by atoms with van der Waals surface area (Å²) >= 11 is 0. The number of methoxy groups -OCH3 is 2. The van der Waals surface area contributed by atoms with E-state index in [-0.39, 0.29) is 49.2 Å². The van der Waals surface area contributed by atoms with E-state index < -0.39 is 28.4 Å². The van der Waals surface area contributed by atoms with Crippen molar-refractivity contribution in [2.75, 3.05) is 39.5 Å². The van der Waals surface area contributed by atoms with Crippen molar-refractivity contribution in [2.45, 2.75) is 36.5 Å². The largest absolute Gasteiger partial charge is 0.376 e. The topological polar surface area (TPSA) is 85.4 Å². The summed E-state index contributed by atoms with van der Waals surface area (Å²) in [6.45, 7) is 0.412. The SMILES string of the molecule is COCN1C(=O)[C@@]2(C(=O)C[C@H]3[C@H](CC(OC)(c4ccccc4)c4ccccc4)[C@H]4[C@@H]2[C@]3(COCc2ccccc2)C(=O)N4C)c2ccccc21. The maximum Gasteiger partial charge on any atom is 0.247 e. The van der Waals surface area contributed by atoms with Crippen LogP contribution in [0.1, 0.15) is 35.1 Å². The second-order valence-corrected chi connectivity index (χ2v) is 14.2. The molecule has 8 heteroatoms. The summed E-state index contributed by atoms with van der Waals surface area (Å²) in [5.41, 5.74) is 0.724. The van der Waals surface area contributed by atoms with Crippen LogP contribution in [0.15, 0.2) is 115 Å². The number of hydrogen-bond donors (Lipinski definition) is 0. The van der Waals surface area contributed by atoms with Gasteiger partial charge in [0.15, 0.2) is 5.78 Å². The van der Waals surface area contributed by atoms with Gasteiger partial charge in [0.05, 0.1) is 24.3 Å². The van der Waals surface area contributed by atoms with Crippen molar-refractivity contribution in [3.05, 3.63) is 138 Å². The maximum absolute atomic E-state index is 15.0. The number of rotatable bonds is 11. The van der Waals surface area contributed by atoms with E-state index >= 15 is 9.59 Å². The number of para-hydroxylation sites is 1. The third-order valence-electron chi connectivity index (χ3n) is 12.3. The molecule has 2 aliphatic heterocycles. The van der Waals surface area contributed by atoms with Crippen LogP contribution >= 0.6 is 0 Å². The number of ether oxygens (including phenoxy) is 3. The fourth-order valence-electron chi connectivity index (χ4n) is 10.4. The molecule has 2 saturated carbocycles. The molecule has 4 aromatic carbocycles. The zero-order valence-corrected chi connectivity index (χ0v) is 28.7. The molecule has 0 aromatic heterocycles. The van der Waals surface area contributed by atoms with Crippen molar-refractivity contribution in [3.8, 4) is 0 Å². The van der Waals surface area contributed by atoms with Crippen molar-refractivity contribution in [3.63, 3.8) is 0 Å². The van der Waals surface area contributed by atoms with E-state index in [9.17, 15) is 4.79 Å². The molecule has 2 heterocycles. The Morgan fingerprint density at radius 1 is 0.780 bits per heavy atom. The van der Waals surface area contributed by atoms with Gasteiger partial charge < -0.3 is 19.1 Å². The fourth-order valence-corrected chi connectivity index (χ4v) is 10.4. The van der Waals surface area contributed by atoms with Gasteiger partial charge >= 0.3 is 0 Å². The summed E-state index contributed by atoms with van der Waals surface area (Å²) in [6.07, 6.45) is 0.582. The first-order valence-corrected chi connectivity index (χ1v) is 17.3. The molecule has 8 rings (SSSR count). The van der Waals surface area contributed by atoms with Gasteiger partial charge in [-0.25, -0.2) is 0 Å². The predicted molar refractivity (Wildman–Crippen MR) is 188 cm³/mol. The monoisotopic (exact) mass is 670 g/mol. The molecule has 8 nitrogen and oxygen atoms in total. The number of likely N-dealkylation sites (tertiary alicyclic amines) is 1. The van der Waals surface area contributed by atoms with E-state index in [4.69, 9.17) is 14.2 Å². The Hall–Kier alpha value is -4.63. The Morgan fingerprint density at radius 2 is 1.38 bits per heavy atom. The highest BCUT2D eigenvalue weighted by molar-refractivity contribution is 6.24. The molecular weight excluding hydrogens is 628 g/mol. The van der Waals surface area contributed by atoms with Crippen LogP contribution in [0.5, 0.6) is 0 Å². The van der Waals surface area contributed by atoms with Crippen molar-refractivity contribution >= 4 is 23.3 Å². The third kappa shape index (κ3) is 4.31. The number of anilines is 1. The molecule has 6 atom stereocenters. The quantitative estimate of drug-likeness (QED) is 0.190. The molecule has 2 amide bonds. The number of fused-ring (bicyclic) bond motifs is 2. The van der Waals surface area contributed by atoms with Gasteiger partial charge in [-0.2, -0.15) is 0 Å². The summed E-state index contributed by atoms with van der Waals surface area (Å²) in [5.74, 6) is -1.74. The second-order valence-electron chi connectivity index (χ2n) is 14.2. The van der Waals surface area contributed by atoms with Gasteiger partial charge in [-0.15, -0.1) is 0 Å². The first-order valence-electron chi connectivity index (χ1n) is 17.3. The summed E-state index contributed by atoms with van der Waals surface area (Å²) in [5, 5.41) is 0. The molecule has 0 unspecified atom stereocenters. The minimum atomic E-state index is -1.56. The van der Waals surface area contributed by atoms with E-state index in [1.54, 1.807) is 19.1 Å². The van der Waals surface area contributed by atoms with Crippen LogP contribution in [0, 0.1) is 23.2 Å². The molecule has 1 spiro atoms. The van der Waals surface area contributed by atoms with Crippen LogP contribution in [0.3, 0.4) is 0 Å². The van der Waals surface area contributed by atoms with Gasteiger partial charge in [-0.05, 0) is 46.6 Å². The normalized spacial score (nSPS) is 28.2. The van der Waals surface area contributed by atoms with Crippen LogP contribution in [-0.4, -0.2) is 63.1 Å². The predicted octanol–water partition coefficient (Wildman–Crippen LogP) is 5.73. The highest BCUT2D eigenvalue weighted by Crippen LogP contribution is 2.72. The highest BCUT2D eigenvalue weighted by Gasteiger charge is 2.83. The van der Waals surface area contributed by atoms with Crippen LogP contribution in [-0.2, 0) is 46.2 Å². The molecule has 50 heavy (non-hydrogen) atoms. The average molecular weight is 671 g/mol. The van der Waals surface area contributed by atoms with Crippen LogP contribution < -0.4 is 4.90 Å². The Morgan fingerprint density at radius 3 is 2.00 bits per heavy atom. The molecular formula is C42H42N2O6. The van der Waals surface area contributed by atoms with E-state index in [2.05, 4.69) is 24.3 Å². The number of hydrogen-bond acceptors (Lipinski definition) is 6. The molecule has 4 bridgehead atoms. The summed E-state index contributed by atoms with van der Waals surface area (Å²) < 4.78 is 18.7. The van der Waals surface area contributed by atoms with Crippen LogP contribution in [0.25, 0.3) is 0 Å². The number of benzene rings is 4. The Kier molecular flexibility index (Phi) is 8.01. The second kappa shape index (κ2) is 12.3. The summed E-state index contributed by atoms with van der Waals surface area (Å²) in [7, 11) is 5.12. The number of carbonyl (C=O) groups excluding carboxylic acids is 3. The third-order valence-corrected chi connectivity index (χ3v) is 12.3. The minimum Gasteiger partial charge on any atom is -0.376 e. The van der Waals surface area contributed by atoms with Crippen LogP contribution in [0.2, 0.25) is 0 Å². The van der Waals surface area contributed by atoms with E-state index in [0.717, 1.165) is 16.7 Å². The van der Waals surface area contributed by atoms with Gasteiger partial charge in [-0.3, -0.25) is 19.3 Å². The number of amides is 2. The van der Waals surface area contributed by atoms with Gasteiger partial charge in [0.1, 0.15) is 17.7 Å². The molecule has 256 valence electrons. The molecule has 1 saturated heterocycles. The molecule has 0 radical (unpaired) electrons. The summed E-state index contributed by atoms with van der Waals surface area (Å²) in [4.78, 5) is 48.3. The van der Waals surface area contributed by atoms with E-state index in [0.29, 0.717) is 24.3 Å². The van der Waals surface area contributed by atoms with E-state index in [1.807, 2.05) is 103 Å². The van der Waals surface area contributed by atoms with Crippen molar-refractivity contribution < 1.29 is 28.6 Å². The van der Waals surface area contributed by atoms with E-state index in [1.165, 1.54) is 0 Å². The number of ketones is 1. The Labute approximate surface area is 292 Å². The first kappa shape index (κ1) is 32.6. The van der Waals surface area contributed by atoms with Crippen molar-refractivity contribution in [1.29, 1.82) is 0 Å². The van der Waals surface area contributed by atoms with Gasteiger partial charge in [0, 0.05) is 39.6 Å². The lowest BCUT2D eigenvalue weighted by Crippen LogP contribution is -2.62. The van der Waals surface area contributed by atoms with Gasteiger partial charge in [-0.1, -0.05) is 109 Å². The first-order chi connectivity index (χ1) is 24.4. The zero-order valence-electron chi connectivity index (χ0n) is 28.7. The smallest absolute Gasteiger partial charge is 0.247 e. The number of nitrogens with zero attached hydrogens (tertiary/aromatic N) is 2. The standard InChI is InChI=1S/C42H42N2O6/c1-43-36-31(24-41(49-3,29-17-9-5-10-18-29)30-19-11-6-12-20-30)33-23-35(45)42(32-21-13-14-22-34(32)44(27-48-2)39(42)47)37(36)40(33,38(43)46)26-50-25-28-15-7-4-8-16-28/h4-22,31,33,36-37H,23-27H2,1-3H3/t31-,33-,36-,37+,40+,42+/m0/s1. The Bertz CT molecular complexity index is 1880.